The molecular weight excluding hydrogens is 463 g/mol. The molecule has 1 heterocycles. The Kier molecular flexibility index (Phi) is 8.17. The zero-order valence-electron chi connectivity index (χ0n) is 19.8. The van der Waals surface area contributed by atoms with Crippen molar-refractivity contribution in [3.63, 3.8) is 0 Å². The molecule has 1 amide bonds. The number of benzene rings is 3. The first kappa shape index (κ1) is 25.2. The molecule has 36 heavy (non-hydrogen) atoms. The molecule has 188 valence electrons. The second-order valence-corrected chi connectivity index (χ2v) is 8.82. The first-order valence-electron chi connectivity index (χ1n) is 11.9. The van der Waals surface area contributed by atoms with Crippen molar-refractivity contribution in [2.75, 3.05) is 18.5 Å². The molecule has 0 radical (unpaired) electrons. The van der Waals surface area contributed by atoms with Gasteiger partial charge in [-0.3, -0.25) is 9.59 Å². The Morgan fingerprint density at radius 2 is 1.89 bits per heavy atom. The average molecular weight is 493 g/mol. The monoisotopic (exact) mass is 492 g/mol. The third-order valence-corrected chi connectivity index (χ3v) is 6.01. The predicted octanol–water partition coefficient (Wildman–Crippen LogP) is 4.32. The van der Waals surface area contributed by atoms with Gasteiger partial charge in [0.2, 0.25) is 5.91 Å². The Balaban J connectivity index is 1.63. The van der Waals surface area contributed by atoms with Crippen LogP contribution in [-0.4, -0.2) is 36.2 Å². The number of para-hydroxylation sites is 1. The van der Waals surface area contributed by atoms with Crippen LogP contribution in [0.4, 0.5) is 10.1 Å². The van der Waals surface area contributed by atoms with Crippen LogP contribution in [0.1, 0.15) is 29.5 Å². The topological polar surface area (TPSA) is 111 Å². The first-order chi connectivity index (χ1) is 17.4. The minimum absolute atomic E-state index is 0.117. The van der Waals surface area contributed by atoms with Crippen molar-refractivity contribution in [3.05, 3.63) is 83.2 Å². The van der Waals surface area contributed by atoms with E-state index in [1.807, 2.05) is 18.2 Å². The molecule has 8 heteroatoms. The van der Waals surface area contributed by atoms with Crippen molar-refractivity contribution in [2.45, 2.75) is 38.4 Å². The molecule has 1 aliphatic heterocycles. The van der Waals surface area contributed by atoms with Gasteiger partial charge in [0.1, 0.15) is 18.2 Å². The number of carboxylic acids is 1. The molecule has 1 saturated heterocycles. The highest BCUT2D eigenvalue weighted by molar-refractivity contribution is 5.78. The summed E-state index contributed by atoms with van der Waals surface area (Å²) in [6, 6.07) is 17.5. The number of carboxylic acid groups (broad SMARTS) is 1. The Bertz CT molecular complexity index is 1240. The Morgan fingerprint density at radius 3 is 2.64 bits per heavy atom. The number of amides is 1. The highest BCUT2D eigenvalue weighted by Gasteiger charge is 2.17. The van der Waals surface area contributed by atoms with E-state index >= 15 is 4.39 Å². The van der Waals surface area contributed by atoms with E-state index in [9.17, 15) is 14.7 Å². The number of hydrogen-bond acceptors (Lipinski definition) is 5. The van der Waals surface area contributed by atoms with E-state index in [0.717, 1.165) is 30.7 Å². The Labute approximate surface area is 209 Å². The second kappa shape index (κ2) is 11.7. The van der Waals surface area contributed by atoms with Gasteiger partial charge in [-0.2, -0.15) is 0 Å². The van der Waals surface area contributed by atoms with Crippen LogP contribution in [0.25, 0.3) is 11.1 Å². The van der Waals surface area contributed by atoms with Crippen molar-refractivity contribution < 1.29 is 28.6 Å². The minimum atomic E-state index is -0.944. The van der Waals surface area contributed by atoms with E-state index < -0.39 is 17.7 Å². The van der Waals surface area contributed by atoms with Crippen LogP contribution in [0, 0.1) is 5.82 Å². The summed E-state index contributed by atoms with van der Waals surface area (Å²) in [6.45, 7) is 1.52. The number of ether oxygens (including phenoxy) is 2. The van der Waals surface area contributed by atoms with Gasteiger partial charge in [-0.25, -0.2) is 4.39 Å². The van der Waals surface area contributed by atoms with Crippen molar-refractivity contribution >= 4 is 17.6 Å². The molecule has 4 N–H and O–H groups in total. The van der Waals surface area contributed by atoms with Crippen molar-refractivity contribution in [2.24, 2.45) is 5.73 Å². The van der Waals surface area contributed by atoms with Crippen molar-refractivity contribution in [1.29, 1.82) is 0 Å². The van der Waals surface area contributed by atoms with Crippen LogP contribution in [0.5, 0.6) is 5.75 Å². The number of carbonyl (C=O) groups excluding carboxylic acids is 1. The largest absolute Gasteiger partial charge is 0.489 e. The third-order valence-electron chi connectivity index (χ3n) is 6.01. The van der Waals surface area contributed by atoms with Crippen LogP contribution in [0.2, 0.25) is 0 Å². The summed E-state index contributed by atoms with van der Waals surface area (Å²) >= 11 is 0. The molecule has 3 aromatic rings. The number of nitrogens with one attached hydrogen (secondary N) is 1. The maximum Gasteiger partial charge on any atom is 0.307 e. The lowest BCUT2D eigenvalue weighted by Crippen LogP contribution is -2.18. The summed E-state index contributed by atoms with van der Waals surface area (Å²) in [5.74, 6) is -1.56. The fraction of sp³-hybridized carbons (Fsp3) is 0.286. The lowest BCUT2D eigenvalue weighted by Gasteiger charge is -2.16. The number of aliphatic carboxylic acids is 1. The third kappa shape index (κ3) is 6.60. The second-order valence-electron chi connectivity index (χ2n) is 8.82. The summed E-state index contributed by atoms with van der Waals surface area (Å²) in [5.41, 5.74) is 8.61. The number of halogens is 1. The molecule has 0 spiro atoms. The summed E-state index contributed by atoms with van der Waals surface area (Å²) in [4.78, 5) is 22.6. The van der Waals surface area contributed by atoms with Crippen molar-refractivity contribution in [1.82, 2.24) is 0 Å². The fourth-order valence-corrected chi connectivity index (χ4v) is 4.31. The maximum atomic E-state index is 15.3. The number of anilines is 1. The standard InChI is InChI=1S/C28H29FN2O5/c29-28-20(14-26(30)32)6-3-8-24(28)21-11-18(12-22(13-21)31-16-23-7-4-10-35-23)17-36-25-9-2-1-5-19(25)15-27(33)34/h1-3,5-6,8-9,11-13,23,31H,4,7,10,14-17H2,(H2,30,32)(H,33,34)/t23-/m0/s1. The number of hydrogen-bond donors (Lipinski definition) is 3. The van der Waals surface area contributed by atoms with Gasteiger partial charge in [-0.1, -0.05) is 36.4 Å². The van der Waals surface area contributed by atoms with Crippen LogP contribution < -0.4 is 15.8 Å². The van der Waals surface area contributed by atoms with Crippen molar-refractivity contribution in [3.8, 4) is 16.9 Å². The maximum absolute atomic E-state index is 15.3. The zero-order valence-corrected chi connectivity index (χ0v) is 19.8. The van der Waals surface area contributed by atoms with Crippen LogP contribution in [-0.2, 0) is 33.8 Å². The number of nitrogens with two attached hydrogens (primary N) is 1. The van der Waals surface area contributed by atoms with E-state index in [1.165, 1.54) is 0 Å². The molecule has 1 fully saturated rings. The molecule has 0 bridgehead atoms. The summed E-state index contributed by atoms with van der Waals surface area (Å²) in [7, 11) is 0. The fourth-order valence-electron chi connectivity index (χ4n) is 4.31. The quantitative estimate of drug-likeness (QED) is 0.368. The van der Waals surface area contributed by atoms with Gasteiger partial charge in [0.25, 0.3) is 0 Å². The van der Waals surface area contributed by atoms with Gasteiger partial charge < -0.3 is 25.6 Å². The molecule has 1 atom stereocenters. The van der Waals surface area contributed by atoms with Gasteiger partial charge in [0, 0.05) is 30.0 Å². The van der Waals surface area contributed by atoms with Gasteiger partial charge in [-0.15, -0.1) is 0 Å². The molecule has 0 aliphatic carbocycles. The molecule has 0 saturated carbocycles. The van der Waals surface area contributed by atoms with Gasteiger partial charge in [-0.05, 0) is 53.8 Å². The van der Waals surface area contributed by atoms with Crippen LogP contribution in [0.3, 0.4) is 0 Å². The zero-order chi connectivity index (χ0) is 25.5. The normalized spacial score (nSPS) is 15.0. The number of carbonyl (C=O) groups is 2. The van der Waals surface area contributed by atoms with Crippen LogP contribution in [0.15, 0.2) is 60.7 Å². The first-order valence-corrected chi connectivity index (χ1v) is 11.9. The number of primary amides is 1. The Morgan fingerprint density at radius 1 is 1.08 bits per heavy atom. The van der Waals surface area contributed by atoms with Gasteiger partial charge in [0.15, 0.2) is 0 Å². The minimum Gasteiger partial charge on any atom is -0.489 e. The molecule has 1 aliphatic rings. The lowest BCUT2D eigenvalue weighted by atomic mass is 9.98. The lowest BCUT2D eigenvalue weighted by molar-refractivity contribution is -0.136. The van der Waals surface area contributed by atoms with Crippen LogP contribution >= 0.6 is 0 Å². The van der Waals surface area contributed by atoms with E-state index in [-0.39, 0.29) is 31.1 Å². The SMILES string of the molecule is NC(=O)Cc1cccc(-c2cc(COc3ccccc3CC(=O)O)cc(NC[C@@H]3CCCO3)c2)c1F. The van der Waals surface area contributed by atoms with Gasteiger partial charge >= 0.3 is 5.97 Å². The Hall–Kier alpha value is -3.91. The van der Waals surface area contributed by atoms with E-state index in [1.54, 1.807) is 42.5 Å². The molecule has 4 rings (SSSR count). The molecule has 0 unspecified atom stereocenters. The predicted molar refractivity (Wildman–Crippen MR) is 134 cm³/mol. The summed E-state index contributed by atoms with van der Waals surface area (Å²) in [6.07, 6.45) is 1.79. The van der Waals surface area contributed by atoms with E-state index in [2.05, 4.69) is 5.32 Å². The molecular formula is C28H29FN2O5. The average Bonchev–Trinajstić information content (AvgIpc) is 3.37. The number of rotatable bonds is 11. The highest BCUT2D eigenvalue weighted by atomic mass is 19.1. The summed E-state index contributed by atoms with van der Waals surface area (Å²) in [5, 5.41) is 12.6. The highest BCUT2D eigenvalue weighted by Crippen LogP contribution is 2.30. The van der Waals surface area contributed by atoms with E-state index in [0.29, 0.717) is 29.0 Å². The van der Waals surface area contributed by atoms with E-state index in [4.69, 9.17) is 15.2 Å². The van der Waals surface area contributed by atoms with Gasteiger partial charge in [0.05, 0.1) is 18.9 Å². The molecule has 7 nitrogen and oxygen atoms in total. The smallest absolute Gasteiger partial charge is 0.307 e. The molecule has 3 aromatic carbocycles. The molecule has 0 aromatic heterocycles. The summed E-state index contributed by atoms with van der Waals surface area (Å²) < 4.78 is 27.0.